The number of amides is 1. The molecule has 1 aliphatic carbocycles. The number of nitriles is 1. The summed E-state index contributed by atoms with van der Waals surface area (Å²) in [5, 5.41) is 12.5. The van der Waals surface area contributed by atoms with Crippen molar-refractivity contribution < 1.29 is 9.53 Å². The number of hydrogen-bond donors (Lipinski definition) is 1. The van der Waals surface area contributed by atoms with Gasteiger partial charge in [0, 0.05) is 31.2 Å². The molecule has 4 rings (SSSR count). The second-order valence-corrected chi connectivity index (χ2v) is 7.50. The Balaban J connectivity index is 1.50. The van der Waals surface area contributed by atoms with Gasteiger partial charge in [0.1, 0.15) is 17.6 Å². The van der Waals surface area contributed by atoms with E-state index >= 15 is 0 Å². The number of carbonyl (C=O) groups is 1. The van der Waals surface area contributed by atoms with Gasteiger partial charge < -0.3 is 14.6 Å². The van der Waals surface area contributed by atoms with E-state index in [1.54, 1.807) is 30.9 Å². The highest BCUT2D eigenvalue weighted by Gasteiger charge is 2.17. The molecule has 1 fully saturated rings. The van der Waals surface area contributed by atoms with Gasteiger partial charge in [-0.2, -0.15) is 5.26 Å². The van der Waals surface area contributed by atoms with Crippen LogP contribution in [0.15, 0.2) is 55.4 Å². The smallest absolute Gasteiger partial charge is 0.253 e. The Morgan fingerprint density at radius 2 is 2.07 bits per heavy atom. The first-order valence-corrected chi connectivity index (χ1v) is 10.1. The Kier molecular flexibility index (Phi) is 6.04. The van der Waals surface area contributed by atoms with Gasteiger partial charge in [-0.3, -0.25) is 9.78 Å². The van der Waals surface area contributed by atoms with Gasteiger partial charge in [0.2, 0.25) is 0 Å². The Hall–Kier alpha value is -3.66. The van der Waals surface area contributed by atoms with E-state index in [0.29, 0.717) is 29.2 Å². The number of hydrogen-bond acceptors (Lipinski definition) is 5. The molecule has 3 aromatic rings. The topological polar surface area (TPSA) is 92.8 Å². The molecule has 0 bridgehead atoms. The molecule has 7 heteroatoms. The normalized spacial score (nSPS) is 14.1. The molecule has 1 amide bonds. The van der Waals surface area contributed by atoms with Crippen LogP contribution in [0.4, 0.5) is 0 Å². The summed E-state index contributed by atoms with van der Waals surface area (Å²) < 4.78 is 7.88. The number of nitrogens with zero attached hydrogens (tertiary/aromatic N) is 4. The first-order chi connectivity index (χ1) is 14.7. The molecule has 0 atom stereocenters. The predicted molar refractivity (Wildman–Crippen MR) is 111 cm³/mol. The molecule has 152 valence electrons. The van der Waals surface area contributed by atoms with Crippen LogP contribution in [0, 0.1) is 11.3 Å². The maximum Gasteiger partial charge on any atom is 0.253 e. The molecule has 1 aromatic carbocycles. The quantitative estimate of drug-likeness (QED) is 0.672. The van der Waals surface area contributed by atoms with Crippen molar-refractivity contribution in [1.29, 1.82) is 5.26 Å². The molecule has 7 nitrogen and oxygen atoms in total. The Morgan fingerprint density at radius 3 is 2.83 bits per heavy atom. The van der Waals surface area contributed by atoms with Crippen LogP contribution in [0.1, 0.15) is 53.6 Å². The van der Waals surface area contributed by atoms with Crippen molar-refractivity contribution in [3.8, 4) is 17.6 Å². The summed E-state index contributed by atoms with van der Waals surface area (Å²) in [4.78, 5) is 20.8. The third-order valence-electron chi connectivity index (χ3n) is 5.23. The summed E-state index contributed by atoms with van der Waals surface area (Å²) >= 11 is 0. The molecule has 30 heavy (non-hydrogen) atoms. The van der Waals surface area contributed by atoms with E-state index in [1.165, 1.54) is 12.6 Å². The lowest BCUT2D eigenvalue weighted by molar-refractivity contribution is 0.0927. The van der Waals surface area contributed by atoms with Gasteiger partial charge in [-0.15, -0.1) is 0 Å². The second-order valence-electron chi connectivity index (χ2n) is 7.50. The monoisotopic (exact) mass is 401 g/mol. The van der Waals surface area contributed by atoms with Crippen LogP contribution in [-0.4, -0.2) is 26.5 Å². The van der Waals surface area contributed by atoms with Crippen LogP contribution in [0.2, 0.25) is 0 Å². The number of pyridine rings is 1. The van der Waals surface area contributed by atoms with Crippen LogP contribution >= 0.6 is 0 Å². The molecule has 2 heterocycles. The van der Waals surface area contributed by atoms with Gasteiger partial charge in [-0.05, 0) is 36.6 Å². The number of nitrogens with one attached hydrogen (secondary N) is 1. The maximum atomic E-state index is 12.6. The number of carbonyl (C=O) groups excluding carboxylic acids is 1. The third-order valence-corrected chi connectivity index (χ3v) is 5.23. The van der Waals surface area contributed by atoms with Gasteiger partial charge in [-0.1, -0.05) is 25.3 Å². The summed E-state index contributed by atoms with van der Waals surface area (Å²) in [5.74, 6) is 0.707. The largest absolute Gasteiger partial charge is 0.454 e. The summed E-state index contributed by atoms with van der Waals surface area (Å²) in [6, 6.07) is 9.48. The van der Waals surface area contributed by atoms with Gasteiger partial charge in [0.15, 0.2) is 0 Å². The van der Waals surface area contributed by atoms with Crippen LogP contribution in [0.5, 0.6) is 11.5 Å². The van der Waals surface area contributed by atoms with Crippen molar-refractivity contribution in [3.63, 3.8) is 0 Å². The molecule has 0 spiro atoms. The minimum Gasteiger partial charge on any atom is -0.454 e. The molecule has 1 aliphatic rings. The minimum atomic E-state index is -0.144. The fraction of sp³-hybridized carbons (Fsp3) is 0.304. The van der Waals surface area contributed by atoms with Gasteiger partial charge in [0.05, 0.1) is 23.7 Å². The molecular weight excluding hydrogens is 378 g/mol. The van der Waals surface area contributed by atoms with E-state index in [9.17, 15) is 10.1 Å². The highest BCUT2D eigenvalue weighted by Crippen LogP contribution is 2.27. The second kappa shape index (κ2) is 9.23. The lowest BCUT2D eigenvalue weighted by Crippen LogP contribution is -2.36. The zero-order chi connectivity index (χ0) is 20.8. The number of ether oxygens (including phenoxy) is 1. The number of aromatic nitrogens is 3. The van der Waals surface area contributed by atoms with Crippen molar-refractivity contribution in [2.45, 2.75) is 44.7 Å². The van der Waals surface area contributed by atoms with Crippen LogP contribution < -0.4 is 10.1 Å². The standard InChI is InChI=1S/C23H23N5O2/c24-12-18-7-6-17(15-28-9-8-25-16-28)10-22(18)30-21-11-19(13-26-14-21)23(29)27-20-4-2-1-3-5-20/h6-11,13-14,16,20H,1-5,15H2,(H,27,29). The van der Waals surface area contributed by atoms with E-state index in [1.807, 2.05) is 22.9 Å². The zero-order valence-electron chi connectivity index (χ0n) is 16.6. The molecule has 0 aliphatic heterocycles. The lowest BCUT2D eigenvalue weighted by atomic mass is 9.95. The van der Waals surface area contributed by atoms with Crippen LogP contribution in [0.25, 0.3) is 0 Å². The van der Waals surface area contributed by atoms with Crippen molar-refractivity contribution >= 4 is 5.91 Å². The van der Waals surface area contributed by atoms with Crippen LogP contribution in [0.3, 0.4) is 0 Å². The van der Waals surface area contributed by atoms with Crippen molar-refractivity contribution in [2.75, 3.05) is 0 Å². The lowest BCUT2D eigenvalue weighted by Gasteiger charge is -2.22. The Morgan fingerprint density at radius 1 is 1.20 bits per heavy atom. The average Bonchev–Trinajstić information content (AvgIpc) is 3.28. The average molecular weight is 401 g/mol. The van der Waals surface area contributed by atoms with E-state index in [-0.39, 0.29) is 11.9 Å². The van der Waals surface area contributed by atoms with Crippen molar-refractivity contribution in [2.24, 2.45) is 0 Å². The molecule has 0 unspecified atom stereocenters. The van der Waals surface area contributed by atoms with E-state index < -0.39 is 0 Å². The van der Waals surface area contributed by atoms with Gasteiger partial charge in [-0.25, -0.2) is 4.98 Å². The number of rotatable bonds is 6. The molecule has 1 N–H and O–H groups in total. The molecule has 2 aromatic heterocycles. The summed E-state index contributed by atoms with van der Waals surface area (Å²) in [7, 11) is 0. The van der Waals surface area contributed by atoms with Crippen LogP contribution in [-0.2, 0) is 6.54 Å². The highest BCUT2D eigenvalue weighted by molar-refractivity contribution is 5.94. The summed E-state index contributed by atoms with van der Waals surface area (Å²) in [6.07, 6.45) is 14.0. The summed E-state index contributed by atoms with van der Waals surface area (Å²) in [6.45, 7) is 0.615. The maximum absolute atomic E-state index is 12.6. The Bertz CT molecular complexity index is 1050. The van der Waals surface area contributed by atoms with Crippen molar-refractivity contribution in [3.05, 3.63) is 72.1 Å². The van der Waals surface area contributed by atoms with Gasteiger partial charge in [0.25, 0.3) is 5.91 Å². The molecular formula is C23H23N5O2. The first-order valence-electron chi connectivity index (χ1n) is 10.1. The molecule has 0 radical (unpaired) electrons. The molecule has 0 saturated heterocycles. The fourth-order valence-electron chi connectivity index (χ4n) is 3.67. The highest BCUT2D eigenvalue weighted by atomic mass is 16.5. The summed E-state index contributed by atoms with van der Waals surface area (Å²) in [5.41, 5.74) is 1.84. The SMILES string of the molecule is N#Cc1ccc(Cn2ccnc2)cc1Oc1cncc(C(=O)NC2CCCCC2)c1. The third kappa shape index (κ3) is 4.84. The minimum absolute atomic E-state index is 0.144. The predicted octanol–water partition coefficient (Wildman–Crippen LogP) is 4.05. The van der Waals surface area contributed by atoms with Crippen molar-refractivity contribution in [1.82, 2.24) is 19.9 Å². The number of benzene rings is 1. The Labute approximate surface area is 175 Å². The van der Waals surface area contributed by atoms with Gasteiger partial charge >= 0.3 is 0 Å². The number of imidazole rings is 1. The fourth-order valence-corrected chi connectivity index (χ4v) is 3.67. The zero-order valence-corrected chi connectivity index (χ0v) is 16.6. The molecule has 1 saturated carbocycles. The first kappa shape index (κ1) is 19.6. The van der Waals surface area contributed by atoms with E-state index in [4.69, 9.17) is 4.74 Å². The van der Waals surface area contributed by atoms with E-state index in [0.717, 1.165) is 31.2 Å². The van der Waals surface area contributed by atoms with E-state index in [2.05, 4.69) is 21.4 Å².